The zero-order valence-corrected chi connectivity index (χ0v) is 12.7. The lowest BCUT2D eigenvalue weighted by Gasteiger charge is -2.12. The Morgan fingerprint density at radius 2 is 1.54 bits per heavy atom. The van der Waals surface area contributed by atoms with Crippen LogP contribution in [-0.4, -0.2) is 22.8 Å². The normalized spacial score (nSPS) is 13.1. The van der Waals surface area contributed by atoms with E-state index in [0.29, 0.717) is 17.9 Å². The Kier molecular flexibility index (Phi) is 4.37. The number of hydrogen-bond donors (Lipinski definition) is 0. The largest absolute Gasteiger partial charge is 0.333 e. The van der Waals surface area contributed by atoms with Crippen molar-refractivity contribution in [2.24, 2.45) is 0 Å². The van der Waals surface area contributed by atoms with Crippen LogP contribution in [0.1, 0.15) is 39.1 Å². The number of imide groups is 1. The van der Waals surface area contributed by atoms with Crippen LogP contribution in [0.5, 0.6) is 0 Å². The predicted octanol–water partition coefficient (Wildman–Crippen LogP) is 2.90. The maximum atomic E-state index is 12.8. The lowest BCUT2D eigenvalue weighted by molar-refractivity contribution is -0.168. The van der Waals surface area contributed by atoms with E-state index in [-0.39, 0.29) is 23.4 Å². The molecule has 0 bridgehead atoms. The highest BCUT2D eigenvalue weighted by atomic mass is 19.1. The van der Waals surface area contributed by atoms with Crippen molar-refractivity contribution < 1.29 is 23.6 Å². The van der Waals surface area contributed by atoms with Crippen LogP contribution in [0.15, 0.2) is 48.5 Å². The summed E-state index contributed by atoms with van der Waals surface area (Å²) < 4.78 is 12.8. The highest BCUT2D eigenvalue weighted by Gasteiger charge is 2.38. The quantitative estimate of drug-likeness (QED) is 0.792. The number of benzene rings is 2. The lowest BCUT2D eigenvalue weighted by Crippen LogP contribution is -2.32. The van der Waals surface area contributed by atoms with Crippen LogP contribution in [0.25, 0.3) is 0 Å². The minimum atomic E-state index is -0.661. The van der Waals surface area contributed by atoms with Crippen LogP contribution in [0.4, 0.5) is 4.39 Å². The number of hydrogen-bond acceptors (Lipinski definition) is 4. The number of aryl methyl sites for hydroxylation is 1. The van der Waals surface area contributed by atoms with Gasteiger partial charge >= 0.3 is 5.97 Å². The molecule has 0 fully saturated rings. The van der Waals surface area contributed by atoms with Gasteiger partial charge in [0, 0.05) is 6.42 Å². The van der Waals surface area contributed by atoms with E-state index in [1.807, 2.05) is 0 Å². The van der Waals surface area contributed by atoms with Crippen LogP contribution in [0.2, 0.25) is 0 Å². The maximum absolute atomic E-state index is 12.8. The molecule has 3 rings (SSSR count). The van der Waals surface area contributed by atoms with Gasteiger partial charge in [-0.25, -0.2) is 9.18 Å². The summed E-state index contributed by atoms with van der Waals surface area (Å²) in [4.78, 5) is 40.9. The van der Waals surface area contributed by atoms with Gasteiger partial charge in [0.25, 0.3) is 11.8 Å². The monoisotopic (exact) mass is 327 g/mol. The third kappa shape index (κ3) is 3.17. The Balaban J connectivity index is 1.53. The summed E-state index contributed by atoms with van der Waals surface area (Å²) in [7, 11) is 0. The fourth-order valence-electron chi connectivity index (χ4n) is 2.49. The van der Waals surface area contributed by atoms with E-state index in [2.05, 4.69) is 0 Å². The third-order valence-electron chi connectivity index (χ3n) is 3.71. The van der Waals surface area contributed by atoms with Gasteiger partial charge in [0.05, 0.1) is 11.1 Å². The molecule has 2 aromatic carbocycles. The molecule has 0 saturated heterocycles. The van der Waals surface area contributed by atoms with Crippen molar-refractivity contribution in [2.45, 2.75) is 19.3 Å². The van der Waals surface area contributed by atoms with Crippen LogP contribution in [0.3, 0.4) is 0 Å². The topological polar surface area (TPSA) is 63.7 Å². The highest BCUT2D eigenvalue weighted by Crippen LogP contribution is 2.23. The first-order chi connectivity index (χ1) is 11.6. The Bertz CT molecular complexity index is 766. The molecule has 0 radical (unpaired) electrons. The number of amides is 2. The smallest absolute Gasteiger partial charge is 0.330 e. The lowest BCUT2D eigenvalue weighted by atomic mass is 10.1. The molecule has 24 heavy (non-hydrogen) atoms. The fourth-order valence-corrected chi connectivity index (χ4v) is 2.49. The minimum Gasteiger partial charge on any atom is -0.330 e. The van der Waals surface area contributed by atoms with Crippen molar-refractivity contribution in [3.05, 3.63) is 71.0 Å². The average molecular weight is 327 g/mol. The number of fused-ring (bicyclic) bond motifs is 1. The summed E-state index contributed by atoms with van der Waals surface area (Å²) in [6.45, 7) is 0. The zero-order chi connectivity index (χ0) is 17.1. The number of nitrogens with zero attached hydrogens (tertiary/aromatic N) is 1. The van der Waals surface area contributed by atoms with Crippen LogP contribution in [0, 0.1) is 5.82 Å². The van der Waals surface area contributed by atoms with Gasteiger partial charge in [-0.2, -0.15) is 0 Å². The Morgan fingerprint density at radius 1 is 0.958 bits per heavy atom. The Morgan fingerprint density at radius 3 is 2.12 bits per heavy atom. The molecule has 1 aliphatic rings. The standard InChI is InChI=1S/C18H14FNO4/c19-13-10-8-12(9-11-13)4-3-7-16(21)24-20-17(22)14-5-1-2-6-15(14)18(20)23/h1-2,5-6,8-11H,3-4,7H2. The molecule has 0 aliphatic carbocycles. The number of hydroxylamine groups is 2. The molecular weight excluding hydrogens is 313 g/mol. The van der Waals surface area contributed by atoms with Gasteiger partial charge in [0.1, 0.15) is 5.82 Å². The second-order valence-corrected chi connectivity index (χ2v) is 5.39. The van der Waals surface area contributed by atoms with Crippen molar-refractivity contribution in [1.82, 2.24) is 5.06 Å². The Labute approximate surface area is 137 Å². The average Bonchev–Trinajstić information content (AvgIpc) is 2.82. The van der Waals surface area contributed by atoms with Crippen LogP contribution < -0.4 is 0 Å². The molecule has 122 valence electrons. The van der Waals surface area contributed by atoms with Crippen molar-refractivity contribution in [2.75, 3.05) is 0 Å². The molecule has 0 atom stereocenters. The van der Waals surface area contributed by atoms with Crippen LogP contribution in [-0.2, 0) is 16.1 Å². The van der Waals surface area contributed by atoms with Gasteiger partial charge in [0.15, 0.2) is 0 Å². The molecule has 1 aliphatic heterocycles. The first-order valence-electron chi connectivity index (χ1n) is 7.49. The van der Waals surface area contributed by atoms with E-state index >= 15 is 0 Å². The third-order valence-corrected chi connectivity index (χ3v) is 3.71. The minimum absolute atomic E-state index is 0.0464. The van der Waals surface area contributed by atoms with Gasteiger partial charge < -0.3 is 4.84 Å². The Hall–Kier alpha value is -3.02. The van der Waals surface area contributed by atoms with Crippen molar-refractivity contribution >= 4 is 17.8 Å². The van der Waals surface area contributed by atoms with E-state index in [4.69, 9.17) is 4.84 Å². The summed E-state index contributed by atoms with van der Waals surface area (Å²) in [6, 6.07) is 12.3. The number of rotatable bonds is 5. The molecule has 6 heteroatoms. The van der Waals surface area contributed by atoms with E-state index < -0.39 is 17.8 Å². The molecule has 0 unspecified atom stereocenters. The summed E-state index contributed by atoms with van der Waals surface area (Å²) >= 11 is 0. The summed E-state index contributed by atoms with van der Waals surface area (Å²) in [5.41, 5.74) is 1.34. The van der Waals surface area contributed by atoms with E-state index in [0.717, 1.165) is 5.56 Å². The number of carbonyl (C=O) groups is 3. The SMILES string of the molecule is O=C(CCCc1ccc(F)cc1)ON1C(=O)c2ccccc2C1=O. The summed E-state index contributed by atoms with van der Waals surface area (Å²) in [6.07, 6.45) is 1.08. The second-order valence-electron chi connectivity index (χ2n) is 5.39. The predicted molar refractivity (Wildman–Crippen MR) is 82.4 cm³/mol. The first kappa shape index (κ1) is 15.9. The molecule has 0 aromatic heterocycles. The van der Waals surface area contributed by atoms with Gasteiger partial charge in [-0.15, -0.1) is 0 Å². The van der Waals surface area contributed by atoms with Gasteiger partial charge in [-0.3, -0.25) is 9.59 Å². The summed E-state index contributed by atoms with van der Waals surface area (Å²) in [5.74, 6) is -2.25. The zero-order valence-electron chi connectivity index (χ0n) is 12.7. The number of halogens is 1. The molecule has 0 spiro atoms. The second kappa shape index (κ2) is 6.62. The highest BCUT2D eigenvalue weighted by molar-refractivity contribution is 6.20. The van der Waals surface area contributed by atoms with Gasteiger partial charge in [-0.1, -0.05) is 29.3 Å². The van der Waals surface area contributed by atoms with E-state index in [9.17, 15) is 18.8 Å². The molecular formula is C18H14FNO4. The van der Waals surface area contributed by atoms with E-state index in [1.54, 1.807) is 24.3 Å². The van der Waals surface area contributed by atoms with Gasteiger partial charge in [0.2, 0.25) is 0 Å². The van der Waals surface area contributed by atoms with Gasteiger partial charge in [-0.05, 0) is 42.7 Å². The molecule has 1 heterocycles. The van der Waals surface area contributed by atoms with Crippen molar-refractivity contribution in [3.63, 3.8) is 0 Å². The molecule has 2 amide bonds. The van der Waals surface area contributed by atoms with E-state index in [1.165, 1.54) is 24.3 Å². The molecule has 0 saturated carbocycles. The van der Waals surface area contributed by atoms with Crippen molar-refractivity contribution in [1.29, 1.82) is 0 Å². The molecule has 0 N–H and O–H groups in total. The molecule has 2 aromatic rings. The first-order valence-corrected chi connectivity index (χ1v) is 7.49. The fraction of sp³-hybridized carbons (Fsp3) is 0.167. The summed E-state index contributed by atoms with van der Waals surface area (Å²) in [5, 5.41) is 0.505. The van der Waals surface area contributed by atoms with Crippen LogP contribution >= 0.6 is 0 Å². The maximum Gasteiger partial charge on any atom is 0.333 e. The number of carbonyl (C=O) groups excluding carboxylic acids is 3. The molecule has 5 nitrogen and oxygen atoms in total. The van der Waals surface area contributed by atoms with Crippen molar-refractivity contribution in [3.8, 4) is 0 Å².